The van der Waals surface area contributed by atoms with Crippen LogP contribution < -0.4 is 5.32 Å². The van der Waals surface area contributed by atoms with Crippen molar-refractivity contribution in [2.75, 3.05) is 0 Å². The number of nitrogens with zero attached hydrogens (tertiary/aromatic N) is 2. The van der Waals surface area contributed by atoms with Crippen LogP contribution in [-0.4, -0.2) is 15.3 Å². The molecular weight excluding hydrogens is 186 g/mol. The molecule has 0 saturated heterocycles. The first kappa shape index (κ1) is 11.8. The molecule has 0 aromatic carbocycles. The Bertz CT molecular complexity index is 363. The van der Waals surface area contributed by atoms with E-state index in [1.165, 1.54) is 5.56 Å². The van der Waals surface area contributed by atoms with Crippen molar-refractivity contribution < 1.29 is 0 Å². The molecule has 0 aliphatic rings. The van der Waals surface area contributed by atoms with Crippen LogP contribution in [0.15, 0.2) is 6.20 Å². The lowest BCUT2D eigenvalue weighted by Gasteiger charge is -2.20. The zero-order chi connectivity index (χ0) is 11.5. The van der Waals surface area contributed by atoms with E-state index in [1.54, 1.807) is 0 Å². The number of aromatic nitrogens is 2. The monoisotopic (exact) mass is 205 g/mol. The topological polar surface area (TPSA) is 29.9 Å². The third-order valence-corrected chi connectivity index (χ3v) is 2.26. The first-order valence-corrected chi connectivity index (χ1v) is 5.14. The molecule has 0 atom stereocenters. The smallest absolute Gasteiger partial charge is 0.102 e. The Morgan fingerprint density at radius 1 is 1.53 bits per heavy atom. The van der Waals surface area contributed by atoms with E-state index in [1.807, 2.05) is 17.8 Å². The molecule has 1 heterocycles. The van der Waals surface area contributed by atoms with E-state index in [4.69, 9.17) is 6.42 Å². The predicted octanol–water partition coefficient (Wildman–Crippen LogP) is 1.71. The Kier molecular flexibility index (Phi) is 3.54. The van der Waals surface area contributed by atoms with Crippen molar-refractivity contribution in [2.24, 2.45) is 0 Å². The number of nitrogens with one attached hydrogen (secondary N) is 1. The number of terminal acetylenes is 1. The molecular formula is C12H19N3. The maximum atomic E-state index is 5.26. The highest BCUT2D eigenvalue weighted by molar-refractivity contribution is 5.16. The largest absolute Gasteiger partial charge is 0.308 e. The lowest BCUT2D eigenvalue weighted by molar-refractivity contribution is 0.423. The summed E-state index contributed by atoms with van der Waals surface area (Å²) >= 11 is 0. The van der Waals surface area contributed by atoms with Gasteiger partial charge in [0, 0.05) is 23.3 Å². The van der Waals surface area contributed by atoms with Crippen molar-refractivity contribution in [3.63, 3.8) is 0 Å². The van der Waals surface area contributed by atoms with E-state index in [0.717, 1.165) is 12.2 Å². The first-order valence-electron chi connectivity index (χ1n) is 5.14. The highest BCUT2D eigenvalue weighted by Crippen LogP contribution is 2.09. The molecule has 1 N–H and O–H groups in total. The summed E-state index contributed by atoms with van der Waals surface area (Å²) in [7, 11) is 0. The van der Waals surface area contributed by atoms with Crippen molar-refractivity contribution in [2.45, 2.75) is 46.3 Å². The Balaban J connectivity index is 2.67. The molecule has 3 nitrogen and oxygen atoms in total. The van der Waals surface area contributed by atoms with E-state index < -0.39 is 0 Å². The molecule has 0 unspecified atom stereocenters. The summed E-state index contributed by atoms with van der Waals surface area (Å²) < 4.78 is 1.85. The van der Waals surface area contributed by atoms with Crippen LogP contribution >= 0.6 is 0 Å². The highest BCUT2D eigenvalue weighted by Gasteiger charge is 2.11. The number of hydrogen-bond donors (Lipinski definition) is 1. The summed E-state index contributed by atoms with van der Waals surface area (Å²) in [5, 5.41) is 7.67. The molecule has 0 saturated carbocycles. The van der Waals surface area contributed by atoms with Crippen LogP contribution in [0.25, 0.3) is 0 Å². The van der Waals surface area contributed by atoms with Crippen LogP contribution in [-0.2, 0) is 13.1 Å². The SMILES string of the molecule is C#CCn1ncc(CNC(C)(C)C)c1C. The van der Waals surface area contributed by atoms with Gasteiger partial charge in [-0.2, -0.15) is 5.10 Å². The third-order valence-electron chi connectivity index (χ3n) is 2.26. The van der Waals surface area contributed by atoms with Gasteiger partial charge in [-0.25, -0.2) is 0 Å². The lowest BCUT2D eigenvalue weighted by atomic mass is 10.1. The van der Waals surface area contributed by atoms with Crippen LogP contribution in [0.3, 0.4) is 0 Å². The van der Waals surface area contributed by atoms with Crippen LogP contribution in [0, 0.1) is 19.3 Å². The zero-order valence-corrected chi connectivity index (χ0v) is 9.96. The van der Waals surface area contributed by atoms with Crippen molar-refractivity contribution in [3.8, 4) is 12.3 Å². The molecule has 82 valence electrons. The summed E-state index contributed by atoms with van der Waals surface area (Å²) in [5.74, 6) is 2.59. The van der Waals surface area contributed by atoms with Crippen molar-refractivity contribution >= 4 is 0 Å². The lowest BCUT2D eigenvalue weighted by Crippen LogP contribution is -2.35. The van der Waals surface area contributed by atoms with Gasteiger partial charge in [-0.3, -0.25) is 4.68 Å². The molecule has 0 spiro atoms. The van der Waals surface area contributed by atoms with Crippen molar-refractivity contribution in [1.82, 2.24) is 15.1 Å². The van der Waals surface area contributed by atoms with Crippen LogP contribution in [0.2, 0.25) is 0 Å². The highest BCUT2D eigenvalue weighted by atomic mass is 15.3. The molecule has 0 bridgehead atoms. The van der Waals surface area contributed by atoms with Crippen LogP contribution in [0.5, 0.6) is 0 Å². The molecule has 0 aliphatic heterocycles. The summed E-state index contributed by atoms with van der Waals surface area (Å²) in [6, 6.07) is 0. The Labute approximate surface area is 91.9 Å². The van der Waals surface area contributed by atoms with Gasteiger partial charge in [-0.1, -0.05) is 5.92 Å². The molecule has 0 radical (unpaired) electrons. The van der Waals surface area contributed by atoms with E-state index in [2.05, 4.69) is 37.1 Å². The van der Waals surface area contributed by atoms with E-state index >= 15 is 0 Å². The molecule has 3 heteroatoms. The molecule has 0 aliphatic carbocycles. The van der Waals surface area contributed by atoms with Gasteiger partial charge in [0.1, 0.15) is 6.54 Å². The van der Waals surface area contributed by atoms with Gasteiger partial charge in [0.05, 0.1) is 6.20 Å². The summed E-state index contributed by atoms with van der Waals surface area (Å²) in [6.07, 6.45) is 7.14. The normalized spacial score (nSPS) is 11.4. The van der Waals surface area contributed by atoms with Gasteiger partial charge < -0.3 is 5.32 Å². The fourth-order valence-electron chi connectivity index (χ4n) is 1.27. The number of rotatable bonds is 3. The molecule has 15 heavy (non-hydrogen) atoms. The van der Waals surface area contributed by atoms with E-state index in [0.29, 0.717) is 6.54 Å². The second kappa shape index (κ2) is 4.50. The average molecular weight is 205 g/mol. The van der Waals surface area contributed by atoms with Crippen LogP contribution in [0.1, 0.15) is 32.0 Å². The summed E-state index contributed by atoms with van der Waals surface area (Å²) in [4.78, 5) is 0. The maximum absolute atomic E-state index is 5.26. The minimum Gasteiger partial charge on any atom is -0.308 e. The van der Waals surface area contributed by atoms with Gasteiger partial charge >= 0.3 is 0 Å². The Morgan fingerprint density at radius 3 is 2.73 bits per heavy atom. The first-order chi connectivity index (χ1) is 6.94. The van der Waals surface area contributed by atoms with E-state index in [9.17, 15) is 0 Å². The minimum atomic E-state index is 0.126. The zero-order valence-electron chi connectivity index (χ0n) is 9.96. The minimum absolute atomic E-state index is 0.126. The average Bonchev–Trinajstić information content (AvgIpc) is 2.45. The van der Waals surface area contributed by atoms with Crippen molar-refractivity contribution in [3.05, 3.63) is 17.5 Å². The predicted molar refractivity (Wildman–Crippen MR) is 62.4 cm³/mol. The summed E-state index contributed by atoms with van der Waals surface area (Å²) in [6.45, 7) is 9.86. The molecule has 0 amide bonds. The second-order valence-electron chi connectivity index (χ2n) is 4.72. The maximum Gasteiger partial charge on any atom is 0.102 e. The van der Waals surface area contributed by atoms with Gasteiger partial charge in [-0.05, 0) is 27.7 Å². The van der Waals surface area contributed by atoms with Gasteiger partial charge in [-0.15, -0.1) is 6.42 Å². The van der Waals surface area contributed by atoms with Gasteiger partial charge in [0.25, 0.3) is 0 Å². The molecule has 1 rings (SSSR count). The Hall–Kier alpha value is -1.27. The fraction of sp³-hybridized carbons (Fsp3) is 0.583. The quantitative estimate of drug-likeness (QED) is 0.761. The molecule has 1 aromatic heterocycles. The number of hydrogen-bond acceptors (Lipinski definition) is 2. The standard InChI is InChI=1S/C12H19N3/c1-6-7-15-10(2)11(9-14-15)8-13-12(3,4)5/h1,9,13H,7-8H2,2-5H3. The van der Waals surface area contributed by atoms with E-state index in [-0.39, 0.29) is 5.54 Å². The van der Waals surface area contributed by atoms with Gasteiger partial charge in [0.15, 0.2) is 0 Å². The van der Waals surface area contributed by atoms with Crippen molar-refractivity contribution in [1.29, 1.82) is 0 Å². The summed E-state index contributed by atoms with van der Waals surface area (Å²) in [5.41, 5.74) is 2.48. The third kappa shape index (κ3) is 3.41. The fourth-order valence-corrected chi connectivity index (χ4v) is 1.27. The van der Waals surface area contributed by atoms with Gasteiger partial charge in [0.2, 0.25) is 0 Å². The van der Waals surface area contributed by atoms with Crippen LogP contribution in [0.4, 0.5) is 0 Å². The molecule has 1 aromatic rings. The Morgan fingerprint density at radius 2 is 2.20 bits per heavy atom. The second-order valence-corrected chi connectivity index (χ2v) is 4.72. The molecule has 0 fully saturated rings.